The van der Waals surface area contributed by atoms with E-state index in [1.54, 1.807) is 0 Å². The molecule has 0 saturated carbocycles. The normalized spacial score (nSPS) is 12.4. The first kappa shape index (κ1) is 12.7. The van der Waals surface area contributed by atoms with Crippen molar-refractivity contribution in [2.75, 3.05) is 0 Å². The van der Waals surface area contributed by atoms with E-state index in [9.17, 15) is 0 Å². The molecule has 0 amide bonds. The average Bonchev–Trinajstić information content (AvgIpc) is 2.33. The summed E-state index contributed by atoms with van der Waals surface area (Å²) in [5.74, 6) is 0. The van der Waals surface area contributed by atoms with Crippen LogP contribution in [0.15, 0.2) is 53.0 Å². The summed E-state index contributed by atoms with van der Waals surface area (Å²) >= 11 is 9.85. The highest BCUT2D eigenvalue weighted by molar-refractivity contribution is 9.10. The van der Waals surface area contributed by atoms with Gasteiger partial charge in [0.25, 0.3) is 0 Å². The first-order valence-electron chi connectivity index (χ1n) is 5.60. The van der Waals surface area contributed by atoms with E-state index < -0.39 is 0 Å². The number of benzene rings is 2. The summed E-state index contributed by atoms with van der Waals surface area (Å²) in [6, 6.07) is 16.7. The van der Waals surface area contributed by atoms with E-state index in [2.05, 4.69) is 59.3 Å². The highest BCUT2D eigenvalue weighted by Crippen LogP contribution is 2.25. The topological polar surface area (TPSA) is 0 Å². The van der Waals surface area contributed by atoms with Gasteiger partial charge in [0.05, 0.1) is 5.38 Å². The molecule has 0 aromatic heterocycles. The minimum absolute atomic E-state index is 0.0387. The predicted octanol–water partition coefficient (Wildman–Crippen LogP) is 5.28. The Bertz CT molecular complexity index is 473. The van der Waals surface area contributed by atoms with E-state index >= 15 is 0 Å². The van der Waals surface area contributed by atoms with Gasteiger partial charge in [0.15, 0.2) is 0 Å². The Hall–Kier alpha value is -0.790. The Morgan fingerprint density at radius 2 is 1.59 bits per heavy atom. The molecule has 0 nitrogen and oxygen atoms in total. The third-order valence-corrected chi connectivity index (χ3v) is 3.70. The van der Waals surface area contributed by atoms with Gasteiger partial charge in [-0.25, -0.2) is 0 Å². The number of aryl methyl sites for hydroxylation is 1. The maximum Gasteiger partial charge on any atom is 0.0625 e. The molecular weight excluding hydrogens is 296 g/mol. The molecule has 0 heterocycles. The van der Waals surface area contributed by atoms with E-state index in [0.29, 0.717) is 0 Å². The van der Waals surface area contributed by atoms with Crippen molar-refractivity contribution in [3.05, 3.63) is 69.7 Å². The van der Waals surface area contributed by atoms with Crippen LogP contribution in [0.25, 0.3) is 0 Å². The van der Waals surface area contributed by atoms with Crippen molar-refractivity contribution >= 4 is 27.5 Å². The number of alkyl halides is 1. The Morgan fingerprint density at radius 1 is 1.00 bits per heavy atom. The van der Waals surface area contributed by atoms with Crippen LogP contribution in [0.1, 0.15) is 22.1 Å². The molecule has 2 aromatic carbocycles. The zero-order chi connectivity index (χ0) is 12.3. The summed E-state index contributed by atoms with van der Waals surface area (Å²) in [6.07, 6.45) is 0.859. The molecule has 2 rings (SSSR count). The Labute approximate surface area is 116 Å². The standard InChI is InChI=1S/C15H14BrCl/c1-11-2-6-13(7-3-11)15(17)10-12-4-8-14(16)9-5-12/h2-9,15H,10H2,1H3. The van der Waals surface area contributed by atoms with Crippen LogP contribution in [-0.4, -0.2) is 0 Å². The van der Waals surface area contributed by atoms with Crippen molar-refractivity contribution in [1.29, 1.82) is 0 Å². The van der Waals surface area contributed by atoms with Gasteiger partial charge in [0.1, 0.15) is 0 Å². The molecule has 88 valence electrons. The smallest absolute Gasteiger partial charge is 0.0625 e. The predicted molar refractivity (Wildman–Crippen MR) is 77.6 cm³/mol. The van der Waals surface area contributed by atoms with Gasteiger partial charge < -0.3 is 0 Å². The van der Waals surface area contributed by atoms with E-state index in [4.69, 9.17) is 11.6 Å². The third kappa shape index (κ3) is 3.58. The van der Waals surface area contributed by atoms with Crippen molar-refractivity contribution in [2.24, 2.45) is 0 Å². The van der Waals surface area contributed by atoms with Crippen molar-refractivity contribution in [3.8, 4) is 0 Å². The van der Waals surface area contributed by atoms with Crippen LogP contribution in [0.2, 0.25) is 0 Å². The quantitative estimate of drug-likeness (QED) is 0.677. The van der Waals surface area contributed by atoms with Crippen LogP contribution in [0.3, 0.4) is 0 Å². The number of rotatable bonds is 3. The zero-order valence-electron chi connectivity index (χ0n) is 9.66. The van der Waals surface area contributed by atoms with Crippen molar-refractivity contribution in [3.63, 3.8) is 0 Å². The summed E-state index contributed by atoms with van der Waals surface area (Å²) < 4.78 is 1.10. The highest BCUT2D eigenvalue weighted by atomic mass is 79.9. The molecule has 1 atom stereocenters. The van der Waals surface area contributed by atoms with Gasteiger partial charge in [-0.2, -0.15) is 0 Å². The van der Waals surface area contributed by atoms with E-state index in [1.165, 1.54) is 16.7 Å². The van der Waals surface area contributed by atoms with E-state index in [0.717, 1.165) is 10.9 Å². The van der Waals surface area contributed by atoms with Crippen molar-refractivity contribution in [1.82, 2.24) is 0 Å². The van der Waals surface area contributed by atoms with Gasteiger partial charge >= 0.3 is 0 Å². The second kappa shape index (κ2) is 5.70. The maximum atomic E-state index is 6.42. The van der Waals surface area contributed by atoms with Crippen LogP contribution in [0.5, 0.6) is 0 Å². The maximum absolute atomic E-state index is 6.42. The fourth-order valence-electron chi connectivity index (χ4n) is 1.72. The van der Waals surface area contributed by atoms with Gasteiger partial charge in [-0.05, 0) is 36.6 Å². The second-order valence-corrected chi connectivity index (χ2v) is 5.65. The Kier molecular flexibility index (Phi) is 4.25. The third-order valence-electron chi connectivity index (χ3n) is 2.77. The average molecular weight is 310 g/mol. The molecule has 0 aliphatic heterocycles. The summed E-state index contributed by atoms with van der Waals surface area (Å²) in [5.41, 5.74) is 3.70. The number of hydrogen-bond acceptors (Lipinski definition) is 0. The lowest BCUT2D eigenvalue weighted by molar-refractivity contribution is 0.919. The van der Waals surface area contributed by atoms with Gasteiger partial charge in [-0.1, -0.05) is 57.9 Å². The number of halogens is 2. The molecule has 0 saturated heterocycles. The monoisotopic (exact) mass is 308 g/mol. The fraction of sp³-hybridized carbons (Fsp3) is 0.200. The van der Waals surface area contributed by atoms with Crippen molar-refractivity contribution < 1.29 is 0 Å². The molecule has 0 aliphatic rings. The summed E-state index contributed by atoms with van der Waals surface area (Å²) in [7, 11) is 0. The molecule has 0 aliphatic carbocycles. The van der Waals surface area contributed by atoms with Crippen LogP contribution in [0, 0.1) is 6.92 Å². The highest BCUT2D eigenvalue weighted by Gasteiger charge is 2.08. The first-order valence-corrected chi connectivity index (χ1v) is 6.83. The van der Waals surface area contributed by atoms with E-state index in [1.807, 2.05) is 12.1 Å². The van der Waals surface area contributed by atoms with Crippen LogP contribution < -0.4 is 0 Å². The zero-order valence-corrected chi connectivity index (χ0v) is 12.0. The summed E-state index contributed by atoms with van der Waals surface area (Å²) in [5, 5.41) is 0.0387. The molecular formula is C15H14BrCl. The fourth-order valence-corrected chi connectivity index (χ4v) is 2.31. The molecule has 0 N–H and O–H groups in total. The van der Waals surface area contributed by atoms with Crippen LogP contribution in [-0.2, 0) is 6.42 Å². The van der Waals surface area contributed by atoms with Gasteiger partial charge in [0.2, 0.25) is 0 Å². The molecule has 0 radical (unpaired) electrons. The molecule has 17 heavy (non-hydrogen) atoms. The number of hydrogen-bond donors (Lipinski definition) is 0. The Balaban J connectivity index is 2.08. The molecule has 0 bridgehead atoms. The largest absolute Gasteiger partial charge is 0.117 e. The van der Waals surface area contributed by atoms with Gasteiger partial charge in [-0.15, -0.1) is 11.6 Å². The van der Waals surface area contributed by atoms with Gasteiger partial charge in [-0.3, -0.25) is 0 Å². The molecule has 0 fully saturated rings. The van der Waals surface area contributed by atoms with Crippen LogP contribution >= 0.6 is 27.5 Å². The molecule has 2 aromatic rings. The molecule has 0 spiro atoms. The van der Waals surface area contributed by atoms with Crippen LogP contribution in [0.4, 0.5) is 0 Å². The molecule has 1 unspecified atom stereocenters. The lowest BCUT2D eigenvalue weighted by Gasteiger charge is -2.10. The molecule has 2 heteroatoms. The minimum atomic E-state index is 0.0387. The van der Waals surface area contributed by atoms with E-state index in [-0.39, 0.29) is 5.38 Å². The Morgan fingerprint density at radius 3 is 2.18 bits per heavy atom. The van der Waals surface area contributed by atoms with Gasteiger partial charge in [0, 0.05) is 4.47 Å². The lowest BCUT2D eigenvalue weighted by atomic mass is 10.0. The second-order valence-electron chi connectivity index (χ2n) is 4.21. The minimum Gasteiger partial charge on any atom is -0.117 e. The summed E-state index contributed by atoms with van der Waals surface area (Å²) in [6.45, 7) is 2.09. The van der Waals surface area contributed by atoms with Crippen molar-refractivity contribution in [2.45, 2.75) is 18.7 Å². The SMILES string of the molecule is Cc1ccc(C(Cl)Cc2ccc(Br)cc2)cc1. The first-order chi connectivity index (χ1) is 8.15. The summed E-state index contributed by atoms with van der Waals surface area (Å²) in [4.78, 5) is 0. The lowest BCUT2D eigenvalue weighted by Crippen LogP contribution is -1.95.